The summed E-state index contributed by atoms with van der Waals surface area (Å²) < 4.78 is 6.14. The van der Waals surface area contributed by atoms with Gasteiger partial charge in [-0.05, 0) is 33.6 Å². The highest BCUT2D eigenvalue weighted by molar-refractivity contribution is 5.21. The molecular formula is C16H27N3O. The number of hydrogen-bond acceptors (Lipinski definition) is 4. The van der Waals surface area contributed by atoms with Crippen LogP contribution in [-0.2, 0) is 10.3 Å². The van der Waals surface area contributed by atoms with Crippen molar-refractivity contribution in [3.8, 4) is 0 Å². The summed E-state index contributed by atoms with van der Waals surface area (Å²) in [6, 6.07) is -0.0266. The highest BCUT2D eigenvalue weighted by Crippen LogP contribution is 2.38. The molecule has 2 N–H and O–H groups in total. The molecule has 0 aromatic carbocycles. The van der Waals surface area contributed by atoms with Gasteiger partial charge >= 0.3 is 0 Å². The summed E-state index contributed by atoms with van der Waals surface area (Å²) in [5.41, 5.74) is 7.67. The molecule has 0 amide bonds. The van der Waals surface area contributed by atoms with Crippen LogP contribution in [0.15, 0.2) is 6.20 Å². The standard InChI is InChI=1S/C16H27N3O/c1-4-20-16(9-7-5-6-8-10-16)15-18-11-14(12(2)17)13(3)19-15/h11-12H,4-10,17H2,1-3H3. The van der Waals surface area contributed by atoms with E-state index in [1.165, 1.54) is 25.7 Å². The summed E-state index contributed by atoms with van der Waals surface area (Å²) in [6.07, 6.45) is 8.88. The molecule has 112 valence electrons. The number of aryl methyl sites for hydroxylation is 1. The lowest BCUT2D eigenvalue weighted by Gasteiger charge is -2.31. The van der Waals surface area contributed by atoms with Crippen LogP contribution in [0.3, 0.4) is 0 Å². The van der Waals surface area contributed by atoms with Crippen LogP contribution >= 0.6 is 0 Å². The van der Waals surface area contributed by atoms with Gasteiger partial charge in [-0.2, -0.15) is 0 Å². The molecule has 1 heterocycles. The van der Waals surface area contributed by atoms with Crippen LogP contribution < -0.4 is 5.73 Å². The van der Waals surface area contributed by atoms with E-state index >= 15 is 0 Å². The Labute approximate surface area is 122 Å². The molecule has 0 spiro atoms. The van der Waals surface area contributed by atoms with Gasteiger partial charge in [-0.3, -0.25) is 0 Å². The second-order valence-electron chi connectivity index (χ2n) is 5.86. The van der Waals surface area contributed by atoms with E-state index in [9.17, 15) is 0 Å². The zero-order valence-electron chi connectivity index (χ0n) is 13.0. The van der Waals surface area contributed by atoms with Gasteiger partial charge in [0.05, 0.1) is 0 Å². The van der Waals surface area contributed by atoms with Gasteiger partial charge in [0.25, 0.3) is 0 Å². The fourth-order valence-corrected chi connectivity index (χ4v) is 3.15. The maximum absolute atomic E-state index is 6.14. The van der Waals surface area contributed by atoms with Crippen molar-refractivity contribution in [2.75, 3.05) is 6.61 Å². The third-order valence-corrected chi connectivity index (χ3v) is 4.25. The van der Waals surface area contributed by atoms with E-state index in [1.807, 2.05) is 20.0 Å². The van der Waals surface area contributed by atoms with Crippen molar-refractivity contribution in [3.63, 3.8) is 0 Å². The quantitative estimate of drug-likeness (QED) is 0.857. The minimum absolute atomic E-state index is 0.0266. The number of rotatable bonds is 4. The van der Waals surface area contributed by atoms with Crippen molar-refractivity contribution in [1.82, 2.24) is 9.97 Å². The Kier molecular flexibility index (Phi) is 5.11. The minimum Gasteiger partial charge on any atom is -0.367 e. The minimum atomic E-state index is -0.285. The summed E-state index contributed by atoms with van der Waals surface area (Å²) in [5.74, 6) is 0.850. The maximum Gasteiger partial charge on any atom is 0.160 e. The van der Waals surface area contributed by atoms with Gasteiger partial charge in [-0.25, -0.2) is 9.97 Å². The van der Waals surface area contributed by atoms with Crippen molar-refractivity contribution in [3.05, 3.63) is 23.3 Å². The van der Waals surface area contributed by atoms with E-state index in [0.717, 1.165) is 29.9 Å². The first-order valence-electron chi connectivity index (χ1n) is 7.82. The molecule has 0 radical (unpaired) electrons. The van der Waals surface area contributed by atoms with E-state index in [1.54, 1.807) is 0 Å². The third-order valence-electron chi connectivity index (χ3n) is 4.25. The van der Waals surface area contributed by atoms with Crippen molar-refractivity contribution in [2.45, 2.75) is 70.9 Å². The van der Waals surface area contributed by atoms with Crippen LogP contribution in [-0.4, -0.2) is 16.6 Å². The van der Waals surface area contributed by atoms with Gasteiger partial charge in [0.15, 0.2) is 5.82 Å². The first kappa shape index (κ1) is 15.4. The van der Waals surface area contributed by atoms with Crippen LogP contribution in [0.25, 0.3) is 0 Å². The van der Waals surface area contributed by atoms with E-state index in [-0.39, 0.29) is 11.6 Å². The largest absolute Gasteiger partial charge is 0.367 e. The van der Waals surface area contributed by atoms with Crippen LogP contribution in [0, 0.1) is 6.92 Å². The van der Waals surface area contributed by atoms with E-state index in [4.69, 9.17) is 15.5 Å². The summed E-state index contributed by atoms with van der Waals surface area (Å²) in [6.45, 7) is 6.74. The van der Waals surface area contributed by atoms with Crippen LogP contribution in [0.1, 0.15) is 75.5 Å². The third kappa shape index (κ3) is 3.18. The predicted octanol–water partition coefficient (Wildman–Crippen LogP) is 3.39. The SMILES string of the molecule is CCOC1(c2ncc(C(C)N)c(C)n2)CCCCCC1. The molecule has 4 nitrogen and oxygen atoms in total. The number of ether oxygens (including phenoxy) is 1. The highest BCUT2D eigenvalue weighted by Gasteiger charge is 2.36. The molecule has 1 atom stereocenters. The van der Waals surface area contributed by atoms with Crippen LogP contribution in [0.2, 0.25) is 0 Å². The fourth-order valence-electron chi connectivity index (χ4n) is 3.15. The summed E-state index contributed by atoms with van der Waals surface area (Å²) in [5, 5.41) is 0. The summed E-state index contributed by atoms with van der Waals surface area (Å²) in [7, 11) is 0. The lowest BCUT2D eigenvalue weighted by atomic mass is 9.92. The Hall–Kier alpha value is -1.00. The molecule has 1 aromatic heterocycles. The number of aromatic nitrogens is 2. The average molecular weight is 277 g/mol. The molecule has 1 unspecified atom stereocenters. The molecular weight excluding hydrogens is 250 g/mol. The number of nitrogens with two attached hydrogens (primary N) is 1. The maximum atomic E-state index is 6.14. The molecule has 0 saturated heterocycles. The number of nitrogens with zero attached hydrogens (tertiary/aromatic N) is 2. The predicted molar refractivity (Wildman–Crippen MR) is 80.4 cm³/mol. The zero-order valence-corrected chi connectivity index (χ0v) is 13.0. The Morgan fingerprint density at radius 3 is 2.45 bits per heavy atom. The normalized spacial score (nSPS) is 20.4. The second-order valence-corrected chi connectivity index (χ2v) is 5.86. The van der Waals surface area contributed by atoms with Gasteiger partial charge in [-0.15, -0.1) is 0 Å². The Balaban J connectivity index is 2.35. The Morgan fingerprint density at radius 1 is 1.30 bits per heavy atom. The first-order valence-corrected chi connectivity index (χ1v) is 7.82. The van der Waals surface area contributed by atoms with Gasteiger partial charge in [0.2, 0.25) is 0 Å². The molecule has 1 aliphatic rings. The van der Waals surface area contributed by atoms with Crippen molar-refractivity contribution < 1.29 is 4.74 Å². The number of hydrogen-bond donors (Lipinski definition) is 1. The molecule has 2 rings (SSSR count). The van der Waals surface area contributed by atoms with Gasteiger partial charge < -0.3 is 10.5 Å². The molecule has 1 aliphatic carbocycles. The molecule has 0 bridgehead atoms. The average Bonchev–Trinajstić information content (AvgIpc) is 2.65. The molecule has 4 heteroatoms. The van der Waals surface area contributed by atoms with Crippen molar-refractivity contribution in [1.29, 1.82) is 0 Å². The highest BCUT2D eigenvalue weighted by atomic mass is 16.5. The lowest BCUT2D eigenvalue weighted by Crippen LogP contribution is -2.32. The molecule has 20 heavy (non-hydrogen) atoms. The fraction of sp³-hybridized carbons (Fsp3) is 0.750. The first-order chi connectivity index (χ1) is 9.59. The van der Waals surface area contributed by atoms with Crippen LogP contribution in [0.5, 0.6) is 0 Å². The van der Waals surface area contributed by atoms with Crippen LogP contribution in [0.4, 0.5) is 0 Å². The second kappa shape index (κ2) is 6.64. The van der Waals surface area contributed by atoms with E-state index in [2.05, 4.69) is 11.9 Å². The molecule has 1 aromatic rings. The monoisotopic (exact) mass is 277 g/mol. The lowest BCUT2D eigenvalue weighted by molar-refractivity contribution is -0.0625. The van der Waals surface area contributed by atoms with E-state index in [0.29, 0.717) is 6.61 Å². The smallest absolute Gasteiger partial charge is 0.160 e. The van der Waals surface area contributed by atoms with Gasteiger partial charge in [-0.1, -0.05) is 25.7 Å². The van der Waals surface area contributed by atoms with Gasteiger partial charge in [0.1, 0.15) is 5.60 Å². The molecule has 1 saturated carbocycles. The Bertz CT molecular complexity index is 437. The van der Waals surface area contributed by atoms with Crippen molar-refractivity contribution >= 4 is 0 Å². The Morgan fingerprint density at radius 2 is 1.95 bits per heavy atom. The molecule has 1 fully saturated rings. The van der Waals surface area contributed by atoms with Gasteiger partial charge in [0, 0.05) is 30.1 Å². The van der Waals surface area contributed by atoms with E-state index < -0.39 is 0 Å². The topological polar surface area (TPSA) is 61.0 Å². The van der Waals surface area contributed by atoms with Crippen molar-refractivity contribution in [2.24, 2.45) is 5.73 Å². The zero-order chi connectivity index (χ0) is 14.6. The summed E-state index contributed by atoms with van der Waals surface area (Å²) >= 11 is 0. The summed E-state index contributed by atoms with van der Waals surface area (Å²) in [4.78, 5) is 9.34. The molecule has 0 aliphatic heterocycles.